The van der Waals surface area contributed by atoms with Gasteiger partial charge in [0.05, 0.1) is 23.0 Å². The number of hydrogen-bond acceptors (Lipinski definition) is 4. The van der Waals surface area contributed by atoms with Crippen molar-refractivity contribution >= 4 is 34.0 Å². The molecule has 0 saturated heterocycles. The maximum atomic E-state index is 13.7. The molecule has 30 heavy (non-hydrogen) atoms. The summed E-state index contributed by atoms with van der Waals surface area (Å²) >= 11 is 0. The summed E-state index contributed by atoms with van der Waals surface area (Å²) in [7, 11) is 0. The van der Waals surface area contributed by atoms with Gasteiger partial charge in [0.25, 0.3) is 5.91 Å². The van der Waals surface area contributed by atoms with Crippen molar-refractivity contribution in [1.29, 1.82) is 0 Å². The van der Waals surface area contributed by atoms with Gasteiger partial charge < -0.3 is 10.6 Å². The van der Waals surface area contributed by atoms with Gasteiger partial charge in [0.2, 0.25) is 5.95 Å². The molecule has 0 aliphatic carbocycles. The molecule has 0 saturated carbocycles. The van der Waals surface area contributed by atoms with Gasteiger partial charge in [0.15, 0.2) is 5.82 Å². The molecule has 2 aromatic carbocycles. The molecule has 3 N–H and O–H groups in total. The molecule has 0 aliphatic rings. The van der Waals surface area contributed by atoms with Crippen LogP contribution in [0.3, 0.4) is 0 Å². The second-order valence-corrected chi connectivity index (χ2v) is 6.36. The van der Waals surface area contributed by atoms with Gasteiger partial charge in [-0.3, -0.25) is 9.89 Å². The summed E-state index contributed by atoms with van der Waals surface area (Å²) in [5.74, 6) is -1.59. The fraction of sp³-hybridized carbons (Fsp3) is 0.0500. The first-order chi connectivity index (χ1) is 14.3. The van der Waals surface area contributed by atoms with Crippen LogP contribution in [-0.2, 0) is 6.18 Å². The average molecular weight is 415 g/mol. The van der Waals surface area contributed by atoms with Crippen molar-refractivity contribution in [3.05, 3.63) is 77.9 Å². The molecule has 4 aromatic rings. The fourth-order valence-electron chi connectivity index (χ4n) is 2.81. The smallest absolute Gasteiger partial charge is 0.338 e. The third-order valence-electron chi connectivity index (χ3n) is 4.27. The molecule has 0 unspecified atom stereocenters. The van der Waals surface area contributed by atoms with Gasteiger partial charge in [-0.1, -0.05) is 6.07 Å². The zero-order valence-electron chi connectivity index (χ0n) is 15.1. The Bertz CT molecular complexity index is 1240. The van der Waals surface area contributed by atoms with E-state index in [9.17, 15) is 22.4 Å². The Labute approximate surface area is 166 Å². The van der Waals surface area contributed by atoms with Crippen LogP contribution in [0.15, 0.2) is 60.8 Å². The number of benzene rings is 2. The number of amides is 1. The quantitative estimate of drug-likeness (QED) is 0.320. The van der Waals surface area contributed by atoms with Gasteiger partial charge in [-0.2, -0.15) is 22.7 Å². The first kappa shape index (κ1) is 19.4. The molecule has 0 fully saturated rings. The lowest BCUT2D eigenvalue weighted by molar-refractivity contribution is -0.137. The summed E-state index contributed by atoms with van der Waals surface area (Å²) in [6.07, 6.45) is -2.94. The largest absolute Gasteiger partial charge is 0.416 e. The number of anilines is 3. The minimum atomic E-state index is -4.58. The highest BCUT2D eigenvalue weighted by atomic mass is 19.4. The number of nitrogens with zero attached hydrogens (tertiary/aromatic N) is 2. The van der Waals surface area contributed by atoms with E-state index in [-0.39, 0.29) is 17.1 Å². The Hall–Kier alpha value is -3.95. The first-order valence-corrected chi connectivity index (χ1v) is 8.65. The molecule has 0 spiro atoms. The Morgan fingerprint density at radius 3 is 2.67 bits per heavy atom. The number of pyridine rings is 1. The number of fused-ring (bicyclic) bond motifs is 1. The van der Waals surface area contributed by atoms with Crippen molar-refractivity contribution < 1.29 is 22.4 Å². The van der Waals surface area contributed by atoms with E-state index in [1.54, 1.807) is 24.4 Å². The number of alkyl halides is 3. The van der Waals surface area contributed by atoms with E-state index in [1.807, 2.05) is 0 Å². The number of aromatic nitrogens is 3. The topological polar surface area (TPSA) is 82.7 Å². The molecule has 10 heteroatoms. The second kappa shape index (κ2) is 7.47. The van der Waals surface area contributed by atoms with Crippen LogP contribution in [0.2, 0.25) is 0 Å². The molecule has 2 heterocycles. The molecule has 0 atom stereocenters. The summed E-state index contributed by atoms with van der Waals surface area (Å²) < 4.78 is 52.4. The lowest BCUT2D eigenvalue weighted by Gasteiger charge is -2.13. The van der Waals surface area contributed by atoms with Gasteiger partial charge in [0, 0.05) is 16.6 Å². The Balaban J connectivity index is 1.61. The van der Waals surface area contributed by atoms with Gasteiger partial charge >= 0.3 is 6.18 Å². The predicted molar refractivity (Wildman–Crippen MR) is 103 cm³/mol. The molecule has 152 valence electrons. The van der Waals surface area contributed by atoms with Crippen LogP contribution in [0.1, 0.15) is 15.9 Å². The molecular formula is C20H13F4N5O. The van der Waals surface area contributed by atoms with Crippen molar-refractivity contribution in [2.45, 2.75) is 6.18 Å². The molecule has 6 nitrogen and oxygen atoms in total. The van der Waals surface area contributed by atoms with Crippen molar-refractivity contribution in [2.75, 3.05) is 10.6 Å². The average Bonchev–Trinajstić information content (AvgIpc) is 3.17. The Morgan fingerprint density at radius 1 is 1.03 bits per heavy atom. The van der Waals surface area contributed by atoms with E-state index in [1.165, 1.54) is 12.1 Å². The number of H-pyrrole nitrogens is 1. The van der Waals surface area contributed by atoms with Gasteiger partial charge in [-0.25, -0.2) is 4.98 Å². The van der Waals surface area contributed by atoms with Crippen molar-refractivity contribution in [2.24, 2.45) is 0 Å². The second-order valence-electron chi connectivity index (χ2n) is 6.36. The van der Waals surface area contributed by atoms with E-state index in [0.717, 1.165) is 35.2 Å². The highest BCUT2D eigenvalue weighted by Gasteiger charge is 2.31. The number of hydrogen-bond donors (Lipinski definition) is 3. The minimum absolute atomic E-state index is 0.00538. The summed E-state index contributed by atoms with van der Waals surface area (Å²) in [6.45, 7) is 0. The molecular weight excluding hydrogens is 402 g/mol. The summed E-state index contributed by atoms with van der Waals surface area (Å²) in [5, 5.41) is 12.9. The molecule has 2 aromatic heterocycles. The normalized spacial score (nSPS) is 11.5. The van der Waals surface area contributed by atoms with Gasteiger partial charge in [-0.15, -0.1) is 0 Å². The third-order valence-corrected chi connectivity index (χ3v) is 4.27. The highest BCUT2D eigenvalue weighted by Crippen LogP contribution is 2.30. The van der Waals surface area contributed by atoms with Crippen LogP contribution >= 0.6 is 0 Å². The number of carbonyl (C=O) groups excluding carboxylic acids is 1. The monoisotopic (exact) mass is 415 g/mol. The first-order valence-electron chi connectivity index (χ1n) is 8.65. The zero-order chi connectivity index (χ0) is 21.3. The lowest BCUT2D eigenvalue weighted by atomic mass is 10.1. The summed E-state index contributed by atoms with van der Waals surface area (Å²) in [5.41, 5.74) is 0.228. The van der Waals surface area contributed by atoms with E-state index in [0.29, 0.717) is 5.69 Å². The summed E-state index contributed by atoms with van der Waals surface area (Å²) in [6, 6.07) is 11.5. The zero-order valence-corrected chi connectivity index (χ0v) is 15.1. The van der Waals surface area contributed by atoms with Crippen LogP contribution < -0.4 is 10.6 Å². The third kappa shape index (κ3) is 4.07. The van der Waals surface area contributed by atoms with Crippen molar-refractivity contribution in [3.8, 4) is 0 Å². The lowest BCUT2D eigenvalue weighted by Crippen LogP contribution is -2.15. The SMILES string of the molecule is O=C(Nc1ccc(F)nc1Nc1ccc2cn[nH]c2c1)c1cccc(C(F)(F)F)c1. The van der Waals surface area contributed by atoms with Crippen molar-refractivity contribution in [3.63, 3.8) is 0 Å². The Kier molecular flexibility index (Phi) is 4.82. The predicted octanol–water partition coefficient (Wildman–Crippen LogP) is 5.11. The van der Waals surface area contributed by atoms with Crippen LogP contribution in [0.5, 0.6) is 0 Å². The molecule has 0 radical (unpaired) electrons. The number of rotatable bonds is 4. The number of nitrogens with one attached hydrogen (secondary N) is 3. The van der Waals surface area contributed by atoms with E-state index < -0.39 is 23.6 Å². The van der Waals surface area contributed by atoms with Crippen LogP contribution in [0, 0.1) is 5.95 Å². The number of aromatic amines is 1. The maximum absolute atomic E-state index is 13.7. The Morgan fingerprint density at radius 2 is 1.87 bits per heavy atom. The minimum Gasteiger partial charge on any atom is -0.338 e. The number of carbonyl (C=O) groups is 1. The maximum Gasteiger partial charge on any atom is 0.416 e. The van der Waals surface area contributed by atoms with Crippen LogP contribution in [0.25, 0.3) is 10.9 Å². The fourth-order valence-corrected chi connectivity index (χ4v) is 2.81. The van der Waals surface area contributed by atoms with E-state index in [4.69, 9.17) is 0 Å². The molecule has 4 rings (SSSR count). The molecule has 0 bridgehead atoms. The van der Waals surface area contributed by atoms with Crippen molar-refractivity contribution in [1.82, 2.24) is 15.2 Å². The standard InChI is InChI=1S/C20H13F4N5O/c21-17-7-6-15(27-19(30)11-2-1-3-13(8-11)20(22,23)24)18(28-17)26-14-5-4-12-10-25-29-16(12)9-14/h1-10H,(H,25,29)(H,26,28)(H,27,30). The van der Waals surface area contributed by atoms with E-state index >= 15 is 0 Å². The van der Waals surface area contributed by atoms with Crippen LogP contribution in [-0.4, -0.2) is 21.1 Å². The van der Waals surface area contributed by atoms with Gasteiger partial charge in [-0.05, 0) is 48.5 Å². The van der Waals surface area contributed by atoms with Crippen LogP contribution in [0.4, 0.5) is 34.8 Å². The highest BCUT2D eigenvalue weighted by molar-refractivity contribution is 6.06. The van der Waals surface area contributed by atoms with Gasteiger partial charge in [0.1, 0.15) is 0 Å². The van der Waals surface area contributed by atoms with E-state index in [2.05, 4.69) is 25.8 Å². The summed E-state index contributed by atoms with van der Waals surface area (Å²) in [4.78, 5) is 16.2. The molecule has 0 aliphatic heterocycles. The molecule has 1 amide bonds. The number of halogens is 4.